The van der Waals surface area contributed by atoms with Crippen molar-refractivity contribution in [2.45, 2.75) is 38.5 Å². The Kier molecular flexibility index (Phi) is 5.42. The van der Waals surface area contributed by atoms with E-state index in [4.69, 9.17) is 0 Å². The molecule has 0 heterocycles. The van der Waals surface area contributed by atoms with Gasteiger partial charge in [0.05, 0.1) is 0 Å². The summed E-state index contributed by atoms with van der Waals surface area (Å²) in [5, 5.41) is 11.4. The van der Waals surface area contributed by atoms with Crippen LogP contribution in [0.15, 0.2) is 72.8 Å². The van der Waals surface area contributed by atoms with E-state index in [1.165, 1.54) is 5.56 Å². The molecule has 1 atom stereocenters. The van der Waals surface area contributed by atoms with Gasteiger partial charge in [0.15, 0.2) is 5.75 Å². The van der Waals surface area contributed by atoms with E-state index in [9.17, 15) is 10.00 Å². The van der Waals surface area contributed by atoms with Crippen molar-refractivity contribution in [3.05, 3.63) is 95.1 Å². The van der Waals surface area contributed by atoms with Crippen molar-refractivity contribution < 1.29 is 10.00 Å². The van der Waals surface area contributed by atoms with Crippen LogP contribution in [0, 0.1) is 0 Å². The molecule has 1 N–H and O–H groups in total. The Hall–Kier alpha value is -2.15. The van der Waals surface area contributed by atoms with Gasteiger partial charge in [0.1, 0.15) is 5.30 Å². The van der Waals surface area contributed by atoms with Crippen LogP contribution in [0.2, 0.25) is 0 Å². The summed E-state index contributed by atoms with van der Waals surface area (Å²) < 4.78 is 0. The van der Waals surface area contributed by atoms with Crippen molar-refractivity contribution in [1.82, 2.24) is 0 Å². The fourth-order valence-electron chi connectivity index (χ4n) is 3.62. The van der Waals surface area contributed by atoms with Crippen LogP contribution in [0.4, 0.5) is 0 Å². The third-order valence-electron chi connectivity index (χ3n) is 5.65. The van der Waals surface area contributed by atoms with Crippen molar-refractivity contribution in [3.8, 4) is 5.75 Å². The zero-order valence-electron chi connectivity index (χ0n) is 16.4. The summed E-state index contributed by atoms with van der Waals surface area (Å²) in [5.41, 5.74) is 3.50. The van der Waals surface area contributed by atoms with Crippen LogP contribution in [0.1, 0.15) is 49.9 Å². The van der Waals surface area contributed by atoms with Crippen LogP contribution >= 0.6 is 8.81 Å². The Balaban J connectivity index is 2.21. The number of phenolic OH excluding ortho intramolecular Hbond substituents is 1. The van der Waals surface area contributed by atoms with Crippen molar-refractivity contribution in [2.24, 2.45) is 0 Å². The first-order valence-electron chi connectivity index (χ1n) is 9.22. The summed E-state index contributed by atoms with van der Waals surface area (Å²) in [5.74, 6) is 0.154. The number of phenols is 1. The minimum Gasteiger partial charge on any atom is -0.679 e. The molecule has 0 radical (unpaired) electrons. The van der Waals surface area contributed by atoms with Crippen molar-refractivity contribution >= 4 is 14.1 Å². The molecule has 0 saturated carbocycles. The van der Waals surface area contributed by atoms with Crippen molar-refractivity contribution in [2.75, 3.05) is 0 Å². The highest BCUT2D eigenvalue weighted by Crippen LogP contribution is 2.41. The fraction of sp³-hybridized carbons (Fsp3) is 0.250. The third-order valence-corrected chi connectivity index (χ3v) is 6.35. The zero-order valence-corrected chi connectivity index (χ0v) is 17.5. The van der Waals surface area contributed by atoms with Gasteiger partial charge in [-0.15, -0.1) is 0 Å². The molecule has 0 bridgehead atoms. The van der Waals surface area contributed by atoms with Crippen LogP contribution < -0.4 is 10.2 Å². The minimum absolute atomic E-state index is 0.154. The van der Waals surface area contributed by atoms with E-state index in [-0.39, 0.29) is 11.2 Å². The van der Waals surface area contributed by atoms with Gasteiger partial charge in [-0.3, -0.25) is 0 Å². The molecule has 3 aromatic rings. The fourth-order valence-corrected chi connectivity index (χ4v) is 4.13. The molecular formula is C24H27O2P. The normalized spacial score (nSPS) is 12.6. The van der Waals surface area contributed by atoms with E-state index in [2.05, 4.69) is 58.0 Å². The number of hydrogen-bond acceptors (Lipinski definition) is 2. The Morgan fingerprint density at radius 3 is 1.67 bits per heavy atom. The summed E-state index contributed by atoms with van der Waals surface area (Å²) in [6.45, 7) is 8.52. The third kappa shape index (κ3) is 3.65. The Labute approximate surface area is 163 Å². The maximum atomic E-state index is 11.9. The molecule has 0 amide bonds. The first-order chi connectivity index (χ1) is 12.8. The highest BCUT2D eigenvalue weighted by molar-refractivity contribution is 7.39. The van der Waals surface area contributed by atoms with E-state index >= 15 is 0 Å². The van der Waals surface area contributed by atoms with Gasteiger partial charge in [-0.2, -0.15) is 0 Å². The average molecular weight is 378 g/mol. The summed E-state index contributed by atoms with van der Waals surface area (Å²) in [6.07, 6.45) is 0. The first kappa shape index (κ1) is 19.6. The second-order valence-electron chi connectivity index (χ2n) is 8.06. The van der Waals surface area contributed by atoms with Crippen LogP contribution in [0.5, 0.6) is 5.75 Å². The summed E-state index contributed by atoms with van der Waals surface area (Å²) in [4.78, 5) is 11.9. The number of benzene rings is 3. The van der Waals surface area contributed by atoms with Crippen LogP contribution in [-0.4, -0.2) is 5.11 Å². The predicted molar refractivity (Wildman–Crippen MR) is 115 cm³/mol. The van der Waals surface area contributed by atoms with E-state index in [0.29, 0.717) is 5.30 Å². The predicted octanol–water partition coefficient (Wildman–Crippen LogP) is 4.36. The second kappa shape index (κ2) is 7.46. The van der Waals surface area contributed by atoms with E-state index < -0.39 is 14.2 Å². The van der Waals surface area contributed by atoms with E-state index in [1.54, 1.807) is 0 Å². The first-order valence-corrected chi connectivity index (χ1v) is 10.3. The summed E-state index contributed by atoms with van der Waals surface area (Å²) in [7, 11) is -1.23. The second-order valence-corrected chi connectivity index (χ2v) is 8.92. The SMILES string of the molecule is CC(C)(c1ccccc1)c1cc([PH2+][O-])c(O)c(C(C)(C)c2ccccc2)c1. The topological polar surface area (TPSA) is 43.3 Å². The maximum Gasteiger partial charge on any atom is 0.161 e. The number of aromatic hydroxyl groups is 1. The lowest BCUT2D eigenvalue weighted by Gasteiger charge is -2.32. The van der Waals surface area contributed by atoms with Gasteiger partial charge in [0.25, 0.3) is 0 Å². The highest BCUT2D eigenvalue weighted by Gasteiger charge is 2.32. The van der Waals surface area contributed by atoms with Gasteiger partial charge < -0.3 is 10.00 Å². The van der Waals surface area contributed by atoms with E-state index in [0.717, 1.165) is 16.7 Å². The lowest BCUT2D eigenvalue weighted by atomic mass is 9.73. The molecule has 3 aromatic carbocycles. The van der Waals surface area contributed by atoms with Crippen LogP contribution in [-0.2, 0) is 10.8 Å². The molecule has 3 rings (SSSR count). The van der Waals surface area contributed by atoms with Gasteiger partial charge in [0.2, 0.25) is 0 Å². The van der Waals surface area contributed by atoms with Gasteiger partial charge in [-0.25, -0.2) is 0 Å². The smallest absolute Gasteiger partial charge is 0.161 e. The quantitative estimate of drug-likeness (QED) is 0.671. The molecule has 3 heteroatoms. The Morgan fingerprint density at radius 1 is 0.704 bits per heavy atom. The molecule has 0 saturated heterocycles. The molecule has 0 aliphatic rings. The molecule has 0 aliphatic carbocycles. The maximum absolute atomic E-state index is 11.9. The van der Waals surface area contributed by atoms with Gasteiger partial charge >= 0.3 is 0 Å². The number of hydrogen-bond donors (Lipinski definition) is 1. The Bertz CT molecular complexity index is 916. The molecule has 2 nitrogen and oxygen atoms in total. The largest absolute Gasteiger partial charge is 0.679 e. The molecule has 0 aliphatic heterocycles. The molecule has 0 aromatic heterocycles. The minimum atomic E-state index is -1.23. The monoisotopic (exact) mass is 378 g/mol. The average Bonchev–Trinajstić information content (AvgIpc) is 2.69. The van der Waals surface area contributed by atoms with Gasteiger partial charge in [-0.05, 0) is 31.6 Å². The summed E-state index contributed by atoms with van der Waals surface area (Å²) >= 11 is 0. The van der Waals surface area contributed by atoms with Crippen LogP contribution in [0.25, 0.3) is 0 Å². The van der Waals surface area contributed by atoms with Gasteiger partial charge in [0, 0.05) is 16.4 Å². The van der Waals surface area contributed by atoms with Gasteiger partial charge in [-0.1, -0.05) is 94.4 Å². The zero-order chi connectivity index (χ0) is 19.7. The lowest BCUT2D eigenvalue weighted by molar-refractivity contribution is -0.147. The molecule has 140 valence electrons. The summed E-state index contributed by atoms with van der Waals surface area (Å²) in [6, 6.07) is 24.4. The van der Waals surface area contributed by atoms with Crippen LogP contribution in [0.3, 0.4) is 0 Å². The van der Waals surface area contributed by atoms with Crippen molar-refractivity contribution in [1.29, 1.82) is 0 Å². The highest BCUT2D eigenvalue weighted by atomic mass is 31.1. The molecule has 27 heavy (non-hydrogen) atoms. The standard InChI is InChI=1S/C24H27O2P/c1-23(2,17-11-7-5-8-12-17)19-15-20(22(25)21(16-19)27-26)24(3,4)18-13-9-6-10-14-18/h5-16,25H,27H2,1-4H3. The lowest BCUT2D eigenvalue weighted by Crippen LogP contribution is -2.26. The van der Waals surface area contributed by atoms with E-state index in [1.807, 2.05) is 42.5 Å². The van der Waals surface area contributed by atoms with Crippen molar-refractivity contribution in [3.63, 3.8) is 0 Å². The molecule has 0 fully saturated rings. The molecule has 0 spiro atoms. The molecular weight excluding hydrogens is 351 g/mol. The molecule has 1 unspecified atom stereocenters. The number of rotatable bonds is 5. The Morgan fingerprint density at radius 2 is 1.19 bits per heavy atom.